The molecule has 0 radical (unpaired) electrons. The van der Waals surface area contributed by atoms with Gasteiger partial charge in [-0.25, -0.2) is 0 Å². The Hall–Kier alpha value is -1.59. The van der Waals surface area contributed by atoms with Crippen LogP contribution in [0.15, 0.2) is 24.3 Å². The molecule has 0 unspecified atom stereocenters. The van der Waals surface area contributed by atoms with Crippen molar-refractivity contribution in [2.45, 2.75) is 32.7 Å². The molecule has 2 rings (SSSR count). The van der Waals surface area contributed by atoms with E-state index in [1.54, 1.807) is 0 Å². The fourth-order valence-electron chi connectivity index (χ4n) is 3.36. The van der Waals surface area contributed by atoms with Crippen LogP contribution in [0.2, 0.25) is 0 Å². The molecule has 0 aromatic heterocycles. The van der Waals surface area contributed by atoms with Crippen molar-refractivity contribution in [3.05, 3.63) is 29.8 Å². The summed E-state index contributed by atoms with van der Waals surface area (Å²) in [5, 5.41) is 3.24. The van der Waals surface area contributed by atoms with Crippen LogP contribution in [0.1, 0.15) is 37.0 Å². The molecular weight excluding hydrogens is 314 g/mol. The monoisotopic (exact) mass is 347 g/mol. The number of ether oxygens (including phenoxy) is 1. The van der Waals surface area contributed by atoms with Crippen LogP contribution in [-0.2, 0) is 4.74 Å². The summed E-state index contributed by atoms with van der Waals surface area (Å²) in [6.45, 7) is 9.05. The Morgan fingerprint density at radius 3 is 2.88 bits per heavy atom. The van der Waals surface area contributed by atoms with E-state index in [2.05, 4.69) is 17.1 Å². The average Bonchev–Trinajstić information content (AvgIpc) is 2.61. The van der Waals surface area contributed by atoms with Crippen molar-refractivity contribution in [2.75, 3.05) is 51.8 Å². The number of benzene rings is 1. The third-order valence-corrected chi connectivity index (χ3v) is 4.90. The molecule has 0 bridgehead atoms. The van der Waals surface area contributed by atoms with Gasteiger partial charge < -0.3 is 19.9 Å². The van der Waals surface area contributed by atoms with Crippen molar-refractivity contribution < 1.29 is 9.53 Å². The summed E-state index contributed by atoms with van der Waals surface area (Å²) in [7, 11) is 3.97. The number of amides is 1. The van der Waals surface area contributed by atoms with E-state index in [0.717, 1.165) is 56.9 Å². The maximum Gasteiger partial charge on any atom is 0.251 e. The number of likely N-dealkylation sites (tertiary alicyclic amines) is 1. The number of piperidine rings is 1. The van der Waals surface area contributed by atoms with Crippen LogP contribution in [0, 0.1) is 5.92 Å². The van der Waals surface area contributed by atoms with Crippen LogP contribution in [0.25, 0.3) is 0 Å². The van der Waals surface area contributed by atoms with Crippen LogP contribution >= 0.6 is 0 Å². The first-order valence-corrected chi connectivity index (χ1v) is 9.39. The van der Waals surface area contributed by atoms with Gasteiger partial charge in [0, 0.05) is 64.2 Å². The van der Waals surface area contributed by atoms with Gasteiger partial charge in [-0.05, 0) is 43.9 Å². The summed E-state index contributed by atoms with van der Waals surface area (Å²) in [5.74, 6) is 0.493. The molecule has 2 atom stereocenters. The predicted octanol–water partition coefficient (Wildman–Crippen LogP) is 2.62. The molecule has 1 aromatic carbocycles. The Morgan fingerprint density at radius 1 is 1.40 bits per heavy atom. The first kappa shape index (κ1) is 19.7. The molecule has 1 saturated heterocycles. The predicted molar refractivity (Wildman–Crippen MR) is 103 cm³/mol. The molecule has 1 amide bonds. The minimum atomic E-state index is 0.0327. The number of carbonyl (C=O) groups is 1. The summed E-state index contributed by atoms with van der Waals surface area (Å²) < 4.78 is 5.41. The molecule has 0 saturated carbocycles. The van der Waals surface area contributed by atoms with E-state index < -0.39 is 0 Å². The molecule has 5 nitrogen and oxygen atoms in total. The number of hydrogen-bond acceptors (Lipinski definition) is 4. The number of carbonyl (C=O) groups excluding carboxylic acids is 1. The van der Waals surface area contributed by atoms with E-state index in [1.165, 1.54) is 0 Å². The highest BCUT2D eigenvalue weighted by atomic mass is 16.5. The topological polar surface area (TPSA) is 44.8 Å². The Kier molecular flexibility index (Phi) is 7.72. The van der Waals surface area contributed by atoms with E-state index in [9.17, 15) is 4.79 Å². The number of nitrogens with one attached hydrogen (secondary N) is 1. The Labute approximate surface area is 152 Å². The number of anilines is 1. The lowest BCUT2D eigenvalue weighted by atomic mass is 9.93. The van der Waals surface area contributed by atoms with E-state index >= 15 is 0 Å². The molecule has 0 spiro atoms. The smallest absolute Gasteiger partial charge is 0.251 e. The zero-order valence-corrected chi connectivity index (χ0v) is 16.1. The van der Waals surface area contributed by atoms with E-state index in [0.29, 0.717) is 5.92 Å². The highest BCUT2D eigenvalue weighted by Crippen LogP contribution is 2.19. The summed E-state index contributed by atoms with van der Waals surface area (Å²) in [5.41, 5.74) is 1.78. The molecule has 1 aliphatic heterocycles. The molecule has 25 heavy (non-hydrogen) atoms. The third-order valence-electron chi connectivity index (χ3n) is 4.90. The van der Waals surface area contributed by atoms with Crippen LogP contribution in [0.3, 0.4) is 0 Å². The second-order valence-electron chi connectivity index (χ2n) is 7.14. The maximum atomic E-state index is 12.6. The first-order valence-electron chi connectivity index (χ1n) is 9.39. The quantitative estimate of drug-likeness (QED) is 0.734. The Bertz CT molecular complexity index is 547. The van der Waals surface area contributed by atoms with Crippen LogP contribution in [-0.4, -0.2) is 63.8 Å². The van der Waals surface area contributed by atoms with Crippen LogP contribution in [0.5, 0.6) is 0 Å². The van der Waals surface area contributed by atoms with E-state index in [1.807, 2.05) is 50.2 Å². The van der Waals surface area contributed by atoms with Crippen LogP contribution < -0.4 is 10.2 Å². The number of nitrogens with zero attached hydrogens (tertiary/aromatic N) is 2. The second-order valence-corrected chi connectivity index (χ2v) is 7.14. The minimum Gasteiger partial charge on any atom is -0.382 e. The molecular formula is C20H33N3O2. The zero-order chi connectivity index (χ0) is 18.2. The van der Waals surface area contributed by atoms with Gasteiger partial charge in [-0.3, -0.25) is 4.79 Å². The zero-order valence-electron chi connectivity index (χ0n) is 16.1. The largest absolute Gasteiger partial charge is 0.382 e. The molecule has 0 aliphatic carbocycles. The maximum absolute atomic E-state index is 12.6. The molecule has 140 valence electrons. The molecule has 1 aromatic rings. The summed E-state index contributed by atoms with van der Waals surface area (Å²) in [6.07, 6.45) is 2.09. The lowest BCUT2D eigenvalue weighted by Crippen LogP contribution is -2.50. The van der Waals surface area contributed by atoms with Crippen molar-refractivity contribution in [3.8, 4) is 0 Å². The Morgan fingerprint density at radius 2 is 2.20 bits per heavy atom. The lowest BCUT2D eigenvalue weighted by molar-refractivity contribution is 0.0843. The normalized spacial score (nSPS) is 21.1. The standard InChI is InChI=1S/C20H33N3O2/c1-5-25-13-7-11-23-12-10-19(16(2)15-23)21-20(24)17-8-6-9-18(14-17)22(3)4/h6,8-9,14,16,19H,5,7,10-13,15H2,1-4H3,(H,21,24)/t16-,19+/m1/s1. The van der Waals surface area contributed by atoms with Gasteiger partial charge in [-0.1, -0.05) is 13.0 Å². The van der Waals surface area contributed by atoms with Crippen molar-refractivity contribution in [1.29, 1.82) is 0 Å². The van der Waals surface area contributed by atoms with Crippen molar-refractivity contribution in [2.24, 2.45) is 5.92 Å². The summed E-state index contributed by atoms with van der Waals surface area (Å²) in [6, 6.07) is 8.03. The van der Waals surface area contributed by atoms with Gasteiger partial charge in [0.25, 0.3) is 5.91 Å². The third kappa shape index (κ3) is 6.01. The van der Waals surface area contributed by atoms with Gasteiger partial charge in [0.15, 0.2) is 0 Å². The van der Waals surface area contributed by atoms with Gasteiger partial charge in [0.1, 0.15) is 0 Å². The average molecular weight is 348 g/mol. The fourth-order valence-corrected chi connectivity index (χ4v) is 3.36. The molecule has 1 N–H and O–H groups in total. The fraction of sp³-hybridized carbons (Fsp3) is 0.650. The molecule has 1 fully saturated rings. The van der Waals surface area contributed by atoms with Gasteiger partial charge in [-0.15, -0.1) is 0 Å². The van der Waals surface area contributed by atoms with Crippen LogP contribution in [0.4, 0.5) is 5.69 Å². The van der Waals surface area contributed by atoms with Gasteiger partial charge in [0.2, 0.25) is 0 Å². The molecule has 5 heteroatoms. The molecule has 1 heterocycles. The second kappa shape index (κ2) is 9.78. The first-order chi connectivity index (χ1) is 12.0. The van der Waals surface area contributed by atoms with Gasteiger partial charge in [0.05, 0.1) is 0 Å². The van der Waals surface area contributed by atoms with E-state index in [4.69, 9.17) is 4.74 Å². The Balaban J connectivity index is 1.83. The summed E-state index contributed by atoms with van der Waals surface area (Å²) >= 11 is 0. The highest BCUT2D eigenvalue weighted by molar-refractivity contribution is 5.95. The lowest BCUT2D eigenvalue weighted by Gasteiger charge is -2.37. The SMILES string of the molecule is CCOCCCN1CC[C@H](NC(=O)c2cccc(N(C)C)c2)[C@H](C)C1. The molecule has 1 aliphatic rings. The summed E-state index contributed by atoms with van der Waals surface area (Å²) in [4.78, 5) is 17.1. The van der Waals surface area contributed by atoms with Gasteiger partial charge >= 0.3 is 0 Å². The highest BCUT2D eigenvalue weighted by Gasteiger charge is 2.27. The minimum absolute atomic E-state index is 0.0327. The van der Waals surface area contributed by atoms with Crippen molar-refractivity contribution >= 4 is 11.6 Å². The number of rotatable bonds is 8. The van der Waals surface area contributed by atoms with Gasteiger partial charge in [-0.2, -0.15) is 0 Å². The van der Waals surface area contributed by atoms with Crippen molar-refractivity contribution in [3.63, 3.8) is 0 Å². The van der Waals surface area contributed by atoms with Crippen molar-refractivity contribution in [1.82, 2.24) is 10.2 Å². The van der Waals surface area contributed by atoms with E-state index in [-0.39, 0.29) is 11.9 Å². The number of hydrogen-bond donors (Lipinski definition) is 1.